The van der Waals surface area contributed by atoms with Gasteiger partial charge in [-0.1, -0.05) is 26.8 Å². The molecule has 0 atom stereocenters. The predicted octanol–water partition coefficient (Wildman–Crippen LogP) is 5.64. The number of hydrogen-bond donors (Lipinski definition) is 1. The van der Waals surface area contributed by atoms with Crippen molar-refractivity contribution in [2.75, 3.05) is 0 Å². The lowest BCUT2D eigenvalue weighted by Crippen LogP contribution is -2.16. The van der Waals surface area contributed by atoms with Crippen LogP contribution in [0.3, 0.4) is 0 Å². The Labute approximate surface area is 133 Å². The molecule has 0 radical (unpaired) electrons. The third-order valence-corrected chi connectivity index (χ3v) is 3.89. The van der Waals surface area contributed by atoms with Gasteiger partial charge in [0.05, 0.1) is 0 Å². The van der Waals surface area contributed by atoms with E-state index in [0.29, 0.717) is 5.05 Å². The van der Waals surface area contributed by atoms with Gasteiger partial charge in [0, 0.05) is 16.9 Å². The van der Waals surface area contributed by atoms with E-state index in [1.165, 1.54) is 0 Å². The van der Waals surface area contributed by atoms with Crippen molar-refractivity contribution < 1.29 is 4.74 Å². The molecule has 0 aliphatic heterocycles. The lowest BCUT2D eigenvalue weighted by atomic mass is 9.86. The molecule has 1 nitrogen and oxygen atoms in total. The van der Waals surface area contributed by atoms with Gasteiger partial charge in [0.2, 0.25) is 0 Å². The summed E-state index contributed by atoms with van der Waals surface area (Å²) in [5.41, 5.74) is 2.24. The Morgan fingerprint density at radius 1 is 1.40 bits per heavy atom. The number of thiocarbonyl (C=S) groups is 1. The van der Waals surface area contributed by atoms with E-state index in [0.717, 1.165) is 41.0 Å². The average molecular weight is 309 g/mol. The summed E-state index contributed by atoms with van der Waals surface area (Å²) >= 11 is 9.84. The normalized spacial score (nSPS) is 11.2. The van der Waals surface area contributed by atoms with Crippen LogP contribution in [0.25, 0.3) is 0 Å². The van der Waals surface area contributed by atoms with Gasteiger partial charge in [0.1, 0.15) is 5.75 Å². The molecule has 0 heterocycles. The van der Waals surface area contributed by atoms with Crippen LogP contribution in [0.4, 0.5) is 0 Å². The minimum Gasteiger partial charge on any atom is -0.450 e. The van der Waals surface area contributed by atoms with E-state index < -0.39 is 0 Å². The molecule has 0 unspecified atom stereocenters. The van der Waals surface area contributed by atoms with E-state index in [4.69, 9.17) is 17.0 Å². The summed E-state index contributed by atoms with van der Waals surface area (Å²) in [5, 5.41) is 0.642. The Morgan fingerprint density at radius 3 is 2.60 bits per heavy atom. The molecule has 0 amide bonds. The SMILES string of the molecule is C=CCCCC(=S)Oc1cc(C)c(S)cc1C(C)(C)C. The molecule has 1 aromatic carbocycles. The topological polar surface area (TPSA) is 9.23 Å². The molecule has 0 aliphatic rings. The van der Waals surface area contributed by atoms with Gasteiger partial charge in [-0.2, -0.15) is 0 Å². The summed E-state index contributed by atoms with van der Waals surface area (Å²) in [5.74, 6) is 0.858. The van der Waals surface area contributed by atoms with Crippen LogP contribution < -0.4 is 4.74 Å². The molecule has 0 saturated carbocycles. The largest absolute Gasteiger partial charge is 0.450 e. The standard InChI is InChI=1S/C17H24OS2/c1-6-7-8-9-16(20)18-14-10-12(2)15(19)11-13(14)17(3,4)5/h6,10-11,19H,1,7-9H2,2-5H3. The predicted molar refractivity (Wildman–Crippen MR) is 94.4 cm³/mol. The highest BCUT2D eigenvalue weighted by Gasteiger charge is 2.21. The Balaban J connectivity index is 2.96. The van der Waals surface area contributed by atoms with Crippen molar-refractivity contribution >= 4 is 29.9 Å². The van der Waals surface area contributed by atoms with Crippen molar-refractivity contribution in [2.45, 2.75) is 57.3 Å². The van der Waals surface area contributed by atoms with Gasteiger partial charge in [0.15, 0.2) is 5.05 Å². The van der Waals surface area contributed by atoms with Crippen molar-refractivity contribution in [1.29, 1.82) is 0 Å². The van der Waals surface area contributed by atoms with Crippen LogP contribution in [0.5, 0.6) is 5.75 Å². The highest BCUT2D eigenvalue weighted by molar-refractivity contribution is 7.80. The maximum atomic E-state index is 5.92. The van der Waals surface area contributed by atoms with Gasteiger partial charge in [-0.05, 0) is 55.1 Å². The number of allylic oxidation sites excluding steroid dienone is 1. The van der Waals surface area contributed by atoms with Crippen molar-refractivity contribution in [3.8, 4) is 5.75 Å². The number of benzene rings is 1. The lowest BCUT2D eigenvalue weighted by Gasteiger charge is -2.24. The van der Waals surface area contributed by atoms with Crippen LogP contribution in [0, 0.1) is 6.92 Å². The third-order valence-electron chi connectivity index (χ3n) is 3.12. The molecule has 20 heavy (non-hydrogen) atoms. The summed E-state index contributed by atoms with van der Waals surface area (Å²) in [4.78, 5) is 0.986. The van der Waals surface area contributed by atoms with E-state index in [9.17, 15) is 0 Å². The highest BCUT2D eigenvalue weighted by Crippen LogP contribution is 2.35. The smallest absolute Gasteiger partial charge is 0.167 e. The van der Waals surface area contributed by atoms with Crippen LogP contribution in [-0.2, 0) is 5.41 Å². The summed E-state index contributed by atoms with van der Waals surface area (Å²) in [6.07, 6.45) is 4.64. The summed E-state index contributed by atoms with van der Waals surface area (Å²) in [6, 6.07) is 4.11. The molecule has 0 fully saturated rings. The highest BCUT2D eigenvalue weighted by atomic mass is 32.1. The number of thiol groups is 1. The average Bonchev–Trinajstić information content (AvgIpc) is 2.32. The zero-order valence-corrected chi connectivity index (χ0v) is 14.5. The quantitative estimate of drug-likeness (QED) is 0.326. The van der Waals surface area contributed by atoms with Crippen LogP contribution >= 0.6 is 24.8 Å². The van der Waals surface area contributed by atoms with Crippen LogP contribution in [0.15, 0.2) is 29.7 Å². The maximum absolute atomic E-state index is 5.92. The third kappa shape index (κ3) is 4.95. The zero-order chi connectivity index (χ0) is 15.3. The molecule has 1 aromatic rings. The molecule has 0 aliphatic carbocycles. The van der Waals surface area contributed by atoms with E-state index in [1.54, 1.807) is 0 Å². The number of rotatable bonds is 5. The fourth-order valence-corrected chi connectivity index (χ4v) is 2.33. The number of hydrogen-bond acceptors (Lipinski definition) is 3. The first-order valence-electron chi connectivity index (χ1n) is 6.91. The Hall–Kier alpha value is -0.800. The van der Waals surface area contributed by atoms with E-state index in [1.807, 2.05) is 19.1 Å². The number of ether oxygens (including phenoxy) is 1. The molecule has 3 heteroatoms. The van der Waals surface area contributed by atoms with Crippen molar-refractivity contribution in [1.82, 2.24) is 0 Å². The van der Waals surface area contributed by atoms with Gasteiger partial charge < -0.3 is 4.74 Å². The monoisotopic (exact) mass is 308 g/mol. The number of unbranched alkanes of at least 4 members (excludes halogenated alkanes) is 1. The van der Waals surface area contributed by atoms with Gasteiger partial charge >= 0.3 is 0 Å². The molecular weight excluding hydrogens is 284 g/mol. The Bertz CT molecular complexity index is 498. The second-order valence-corrected chi connectivity index (χ2v) is 6.98. The lowest BCUT2D eigenvalue weighted by molar-refractivity contribution is 0.498. The molecule has 110 valence electrons. The van der Waals surface area contributed by atoms with Crippen molar-refractivity contribution in [2.24, 2.45) is 0 Å². The fourth-order valence-electron chi connectivity index (χ4n) is 1.90. The summed E-state index contributed by atoms with van der Waals surface area (Å²) in [7, 11) is 0. The molecule has 0 aromatic heterocycles. The molecular formula is C17H24OS2. The molecule has 0 saturated heterocycles. The summed E-state index contributed by atoms with van der Waals surface area (Å²) < 4.78 is 5.92. The van der Waals surface area contributed by atoms with Gasteiger partial charge in [-0.3, -0.25) is 0 Å². The first-order chi connectivity index (χ1) is 9.25. The second kappa shape index (κ2) is 7.28. The maximum Gasteiger partial charge on any atom is 0.167 e. The molecule has 0 bridgehead atoms. The van der Waals surface area contributed by atoms with Crippen molar-refractivity contribution in [3.05, 3.63) is 35.9 Å². The molecule has 0 N–H and O–H groups in total. The molecule has 0 spiro atoms. The minimum absolute atomic E-state index is 0.00274. The van der Waals surface area contributed by atoms with Gasteiger partial charge in [-0.25, -0.2) is 0 Å². The van der Waals surface area contributed by atoms with Crippen LogP contribution in [0.2, 0.25) is 0 Å². The van der Waals surface area contributed by atoms with E-state index in [-0.39, 0.29) is 5.41 Å². The molecule has 1 rings (SSSR count). The van der Waals surface area contributed by atoms with Gasteiger partial charge in [-0.15, -0.1) is 19.2 Å². The Kier molecular flexibility index (Phi) is 6.28. The van der Waals surface area contributed by atoms with Gasteiger partial charge in [0.25, 0.3) is 0 Å². The zero-order valence-electron chi connectivity index (χ0n) is 12.8. The first kappa shape index (κ1) is 17.3. The second-order valence-electron chi connectivity index (χ2n) is 6.04. The van der Waals surface area contributed by atoms with E-state index >= 15 is 0 Å². The van der Waals surface area contributed by atoms with Crippen LogP contribution in [-0.4, -0.2) is 5.05 Å². The van der Waals surface area contributed by atoms with Crippen LogP contribution in [0.1, 0.15) is 51.2 Å². The number of aryl methyl sites for hydroxylation is 1. The summed E-state index contributed by atoms with van der Waals surface area (Å²) in [6.45, 7) is 12.2. The first-order valence-corrected chi connectivity index (χ1v) is 7.77. The Morgan fingerprint density at radius 2 is 2.05 bits per heavy atom. The van der Waals surface area contributed by atoms with E-state index in [2.05, 4.69) is 46.0 Å². The van der Waals surface area contributed by atoms with Crippen molar-refractivity contribution in [3.63, 3.8) is 0 Å². The minimum atomic E-state index is -0.00274. The fraction of sp³-hybridized carbons (Fsp3) is 0.471.